The number of rotatable bonds is 4. The van der Waals surface area contributed by atoms with E-state index in [-0.39, 0.29) is 17.6 Å². The van der Waals surface area contributed by atoms with Crippen LogP contribution in [0.5, 0.6) is 0 Å². The van der Waals surface area contributed by atoms with E-state index >= 15 is 0 Å². The maximum atomic E-state index is 11.6. The summed E-state index contributed by atoms with van der Waals surface area (Å²) >= 11 is 0. The van der Waals surface area contributed by atoms with Crippen molar-refractivity contribution >= 4 is 11.6 Å². The molecule has 0 radical (unpaired) electrons. The van der Waals surface area contributed by atoms with E-state index in [1.807, 2.05) is 13.8 Å². The van der Waals surface area contributed by atoms with E-state index in [4.69, 9.17) is 0 Å². The summed E-state index contributed by atoms with van der Waals surface area (Å²) in [5.41, 5.74) is -0.121. The maximum absolute atomic E-state index is 11.6. The average molecular weight is 226 g/mol. The fraction of sp³-hybridized carbons (Fsp3) is 0.556. The van der Waals surface area contributed by atoms with Gasteiger partial charge in [0.2, 0.25) is 5.91 Å². The number of nitrogens with zero attached hydrogens (tertiary/aromatic N) is 3. The minimum absolute atomic E-state index is 0.0282. The largest absolute Gasteiger partial charge is 0.352 e. The molecule has 0 fully saturated rings. The summed E-state index contributed by atoms with van der Waals surface area (Å²) < 4.78 is 1.27. The highest BCUT2D eigenvalue weighted by molar-refractivity contribution is 5.80. The minimum Gasteiger partial charge on any atom is -0.352 e. The minimum atomic E-state index is -0.559. The monoisotopic (exact) mass is 226 g/mol. The molecule has 0 unspecified atom stereocenters. The third-order valence-electron chi connectivity index (χ3n) is 2.01. The second kappa shape index (κ2) is 4.73. The van der Waals surface area contributed by atoms with Crippen molar-refractivity contribution in [2.75, 3.05) is 0 Å². The van der Waals surface area contributed by atoms with Crippen LogP contribution >= 0.6 is 0 Å². The highest BCUT2D eigenvalue weighted by Gasteiger charge is 2.19. The lowest BCUT2D eigenvalue weighted by molar-refractivity contribution is -0.385. The molecule has 0 saturated carbocycles. The summed E-state index contributed by atoms with van der Waals surface area (Å²) in [7, 11) is 0. The molecule has 0 aliphatic rings. The summed E-state index contributed by atoms with van der Waals surface area (Å²) in [5, 5.41) is 16.9. The van der Waals surface area contributed by atoms with E-state index in [1.165, 1.54) is 10.9 Å². The molecular weight excluding hydrogens is 212 g/mol. The molecule has 1 rings (SSSR count). The van der Waals surface area contributed by atoms with Crippen LogP contribution in [0.1, 0.15) is 26.8 Å². The van der Waals surface area contributed by atoms with Crippen LogP contribution in [0.15, 0.2) is 12.4 Å². The summed E-state index contributed by atoms with van der Waals surface area (Å²) in [4.78, 5) is 21.5. The van der Waals surface area contributed by atoms with Crippen LogP contribution < -0.4 is 5.32 Å². The van der Waals surface area contributed by atoms with Crippen LogP contribution in [-0.2, 0) is 4.79 Å². The maximum Gasteiger partial charge on any atom is 0.307 e. The Morgan fingerprint density at radius 3 is 2.62 bits per heavy atom. The molecule has 1 heterocycles. The van der Waals surface area contributed by atoms with E-state index in [9.17, 15) is 14.9 Å². The van der Waals surface area contributed by atoms with Crippen molar-refractivity contribution in [2.24, 2.45) is 0 Å². The molecule has 1 aromatic rings. The molecule has 1 N–H and O–H groups in total. The van der Waals surface area contributed by atoms with Gasteiger partial charge in [-0.3, -0.25) is 19.6 Å². The molecule has 7 nitrogen and oxygen atoms in total. The van der Waals surface area contributed by atoms with Gasteiger partial charge in [0.05, 0.1) is 4.92 Å². The Kier molecular flexibility index (Phi) is 3.60. The number of aromatic nitrogens is 2. The van der Waals surface area contributed by atoms with E-state index in [0.29, 0.717) is 0 Å². The van der Waals surface area contributed by atoms with Crippen LogP contribution in [-0.4, -0.2) is 26.7 Å². The highest BCUT2D eigenvalue weighted by atomic mass is 16.6. The molecule has 0 aliphatic carbocycles. The topological polar surface area (TPSA) is 90.1 Å². The average Bonchev–Trinajstić information content (AvgIpc) is 2.64. The standard InChI is InChI=1S/C9H14N4O3/c1-6(2)11-9(14)7(3)12-5-8(4-10-12)13(15)16/h4-7H,1-3H3,(H,11,14)/t7-/m0/s1. The zero-order chi connectivity index (χ0) is 12.3. The molecule has 0 aromatic carbocycles. The third-order valence-corrected chi connectivity index (χ3v) is 2.01. The van der Waals surface area contributed by atoms with Crippen molar-refractivity contribution in [3.8, 4) is 0 Å². The summed E-state index contributed by atoms with van der Waals surface area (Å²) in [6, 6.07) is -0.531. The lowest BCUT2D eigenvalue weighted by Gasteiger charge is -2.14. The molecule has 16 heavy (non-hydrogen) atoms. The van der Waals surface area contributed by atoms with Gasteiger partial charge in [-0.05, 0) is 20.8 Å². The summed E-state index contributed by atoms with van der Waals surface area (Å²) in [6.07, 6.45) is 2.36. The van der Waals surface area contributed by atoms with Crippen molar-refractivity contribution in [1.29, 1.82) is 0 Å². The molecule has 1 amide bonds. The van der Waals surface area contributed by atoms with Crippen LogP contribution in [0.3, 0.4) is 0 Å². The number of carbonyl (C=O) groups excluding carboxylic acids is 1. The normalized spacial score (nSPS) is 12.5. The fourth-order valence-electron chi connectivity index (χ4n) is 1.16. The smallest absolute Gasteiger partial charge is 0.307 e. The van der Waals surface area contributed by atoms with Crippen LogP contribution in [0, 0.1) is 10.1 Å². The van der Waals surface area contributed by atoms with Gasteiger partial charge in [0.15, 0.2) is 0 Å². The fourth-order valence-corrected chi connectivity index (χ4v) is 1.16. The molecule has 0 aliphatic heterocycles. The van der Waals surface area contributed by atoms with Gasteiger partial charge >= 0.3 is 5.69 Å². The van der Waals surface area contributed by atoms with Crippen LogP contribution in [0.4, 0.5) is 5.69 Å². The zero-order valence-corrected chi connectivity index (χ0v) is 9.38. The lowest BCUT2D eigenvalue weighted by atomic mass is 10.3. The zero-order valence-electron chi connectivity index (χ0n) is 9.38. The Morgan fingerprint density at radius 2 is 2.19 bits per heavy atom. The van der Waals surface area contributed by atoms with Gasteiger partial charge in [-0.2, -0.15) is 5.10 Å². The Morgan fingerprint density at radius 1 is 1.56 bits per heavy atom. The SMILES string of the molecule is CC(C)NC(=O)[C@H](C)n1cc([N+](=O)[O-])cn1. The first-order chi connectivity index (χ1) is 7.41. The summed E-state index contributed by atoms with van der Waals surface area (Å²) in [6.45, 7) is 5.32. The van der Waals surface area contributed by atoms with E-state index < -0.39 is 11.0 Å². The number of nitrogens with one attached hydrogen (secondary N) is 1. The van der Waals surface area contributed by atoms with Gasteiger partial charge in [0, 0.05) is 6.04 Å². The van der Waals surface area contributed by atoms with Gasteiger partial charge in [0.1, 0.15) is 18.4 Å². The molecule has 0 spiro atoms. The van der Waals surface area contributed by atoms with Crippen molar-refractivity contribution in [3.05, 3.63) is 22.5 Å². The first-order valence-corrected chi connectivity index (χ1v) is 4.90. The van der Waals surface area contributed by atoms with Gasteiger partial charge in [-0.25, -0.2) is 0 Å². The summed E-state index contributed by atoms with van der Waals surface area (Å²) in [5.74, 6) is -0.215. The van der Waals surface area contributed by atoms with Gasteiger partial charge < -0.3 is 5.32 Å². The third kappa shape index (κ3) is 2.78. The van der Waals surface area contributed by atoms with E-state index in [2.05, 4.69) is 10.4 Å². The molecule has 7 heteroatoms. The Balaban J connectivity index is 2.76. The van der Waals surface area contributed by atoms with Crippen molar-refractivity contribution in [2.45, 2.75) is 32.9 Å². The van der Waals surface area contributed by atoms with Gasteiger partial charge in [-0.15, -0.1) is 0 Å². The molecule has 88 valence electrons. The first kappa shape index (κ1) is 12.2. The predicted octanol–water partition coefficient (Wildman–Crippen LogP) is 0.877. The van der Waals surface area contributed by atoms with Crippen molar-refractivity contribution < 1.29 is 9.72 Å². The Bertz CT molecular complexity index is 399. The number of carbonyl (C=O) groups is 1. The molecule has 1 aromatic heterocycles. The van der Waals surface area contributed by atoms with Crippen molar-refractivity contribution in [1.82, 2.24) is 15.1 Å². The quantitative estimate of drug-likeness (QED) is 0.609. The number of amides is 1. The Hall–Kier alpha value is -1.92. The van der Waals surface area contributed by atoms with E-state index in [1.54, 1.807) is 6.92 Å². The molecular formula is C9H14N4O3. The number of hydrogen-bond donors (Lipinski definition) is 1. The van der Waals surface area contributed by atoms with Gasteiger partial charge in [-0.1, -0.05) is 0 Å². The number of hydrogen-bond acceptors (Lipinski definition) is 4. The molecule has 0 bridgehead atoms. The van der Waals surface area contributed by atoms with Crippen LogP contribution in [0.2, 0.25) is 0 Å². The lowest BCUT2D eigenvalue weighted by Crippen LogP contribution is -2.35. The predicted molar refractivity (Wildman–Crippen MR) is 56.9 cm³/mol. The first-order valence-electron chi connectivity index (χ1n) is 4.90. The molecule has 0 saturated heterocycles. The second-order valence-electron chi connectivity index (χ2n) is 3.77. The van der Waals surface area contributed by atoms with Crippen molar-refractivity contribution in [3.63, 3.8) is 0 Å². The molecule has 1 atom stereocenters. The second-order valence-corrected chi connectivity index (χ2v) is 3.77. The van der Waals surface area contributed by atoms with Crippen LogP contribution in [0.25, 0.3) is 0 Å². The van der Waals surface area contributed by atoms with E-state index in [0.717, 1.165) is 6.20 Å². The van der Waals surface area contributed by atoms with Gasteiger partial charge in [0.25, 0.3) is 0 Å². The highest BCUT2D eigenvalue weighted by Crippen LogP contribution is 2.12. The Labute approximate surface area is 92.6 Å². The number of nitro groups is 1.